The number of piperidine rings is 1. The van der Waals surface area contributed by atoms with Gasteiger partial charge in [0.15, 0.2) is 0 Å². The van der Waals surface area contributed by atoms with Crippen LogP contribution in [0.5, 0.6) is 0 Å². The van der Waals surface area contributed by atoms with Crippen LogP contribution in [0.2, 0.25) is 0 Å². The molecule has 2 fully saturated rings. The Hall–Kier alpha value is -3.26. The fraction of sp³-hybridized carbons (Fsp3) is 0.391. The van der Waals surface area contributed by atoms with Gasteiger partial charge in [0.25, 0.3) is 0 Å². The van der Waals surface area contributed by atoms with Gasteiger partial charge >= 0.3 is 0 Å². The van der Waals surface area contributed by atoms with Gasteiger partial charge in [-0.1, -0.05) is 42.5 Å². The van der Waals surface area contributed by atoms with Crippen molar-refractivity contribution in [2.45, 2.75) is 44.4 Å². The van der Waals surface area contributed by atoms with Gasteiger partial charge in [-0.05, 0) is 37.0 Å². The summed E-state index contributed by atoms with van der Waals surface area (Å²) in [6.45, 7) is 1.68. The molecule has 0 saturated carbocycles. The maximum absolute atomic E-state index is 12.8. The van der Waals surface area contributed by atoms with Gasteiger partial charge < -0.3 is 4.90 Å². The van der Waals surface area contributed by atoms with Crippen molar-refractivity contribution in [2.75, 3.05) is 13.1 Å². The zero-order valence-corrected chi connectivity index (χ0v) is 17.3. The Morgan fingerprint density at radius 2 is 1.58 bits per heavy atom. The Balaban J connectivity index is 1.21. The van der Waals surface area contributed by atoms with E-state index in [1.165, 1.54) is 4.80 Å². The van der Waals surface area contributed by atoms with Crippen molar-refractivity contribution in [3.63, 3.8) is 0 Å². The van der Waals surface area contributed by atoms with Crippen LogP contribution in [0, 0.1) is 0 Å². The molecule has 2 amide bonds. The number of hydrogen-bond donors (Lipinski definition) is 0. The highest BCUT2D eigenvalue weighted by molar-refractivity contribution is 5.79. The zero-order valence-electron chi connectivity index (χ0n) is 17.3. The fourth-order valence-electron chi connectivity index (χ4n) is 4.55. The summed E-state index contributed by atoms with van der Waals surface area (Å²) < 4.78 is 0. The van der Waals surface area contributed by atoms with E-state index in [0.29, 0.717) is 39.0 Å². The lowest BCUT2D eigenvalue weighted by atomic mass is 9.86. The number of benzene rings is 2. The molecule has 8 nitrogen and oxygen atoms in total. The van der Waals surface area contributed by atoms with Crippen LogP contribution in [-0.2, 0) is 27.6 Å². The first kappa shape index (κ1) is 19.7. The highest BCUT2D eigenvalue weighted by Crippen LogP contribution is 2.39. The number of aromatic nitrogens is 3. The van der Waals surface area contributed by atoms with E-state index >= 15 is 0 Å². The van der Waals surface area contributed by atoms with E-state index in [1.54, 1.807) is 5.06 Å². The maximum atomic E-state index is 12.8. The Kier molecular flexibility index (Phi) is 5.15. The van der Waals surface area contributed by atoms with Gasteiger partial charge in [0.05, 0.1) is 5.54 Å². The summed E-state index contributed by atoms with van der Waals surface area (Å²) in [5.74, 6) is 0.0272. The minimum Gasteiger partial charge on any atom is -0.341 e. The van der Waals surface area contributed by atoms with Crippen LogP contribution in [0.15, 0.2) is 54.6 Å². The topological polar surface area (TPSA) is 80.6 Å². The maximum Gasteiger partial charge on any atom is 0.246 e. The number of amides is 2. The van der Waals surface area contributed by atoms with E-state index in [0.717, 1.165) is 23.0 Å². The lowest BCUT2D eigenvalue weighted by Gasteiger charge is -2.43. The van der Waals surface area contributed by atoms with E-state index in [-0.39, 0.29) is 23.9 Å². The third-order valence-electron chi connectivity index (χ3n) is 6.32. The fourth-order valence-corrected chi connectivity index (χ4v) is 4.55. The number of fused-ring (bicyclic) bond motifs is 1. The summed E-state index contributed by atoms with van der Waals surface area (Å²) in [5.41, 5.74) is 2.28. The van der Waals surface area contributed by atoms with E-state index < -0.39 is 0 Å². The molecule has 0 bridgehead atoms. The molecule has 1 aromatic heterocycles. The molecule has 31 heavy (non-hydrogen) atoms. The Labute approximate surface area is 180 Å². The lowest BCUT2D eigenvalue weighted by Crippen LogP contribution is -2.54. The van der Waals surface area contributed by atoms with Crippen molar-refractivity contribution in [1.29, 1.82) is 0 Å². The molecule has 0 N–H and O–H groups in total. The first-order valence-electron chi connectivity index (χ1n) is 10.7. The molecule has 160 valence electrons. The number of hydroxylamine groups is 2. The van der Waals surface area contributed by atoms with Crippen LogP contribution in [-0.4, -0.2) is 55.4 Å². The summed E-state index contributed by atoms with van der Waals surface area (Å²) in [5, 5.41) is 10.4. The molecule has 0 atom stereocenters. The third-order valence-corrected chi connectivity index (χ3v) is 6.32. The molecule has 0 radical (unpaired) electrons. The lowest BCUT2D eigenvalue weighted by molar-refractivity contribution is -0.222. The van der Waals surface area contributed by atoms with Crippen molar-refractivity contribution >= 4 is 22.8 Å². The molecule has 8 heteroatoms. The van der Waals surface area contributed by atoms with Crippen LogP contribution in [0.25, 0.3) is 11.0 Å². The number of carbonyl (C=O) groups is 2. The predicted molar refractivity (Wildman–Crippen MR) is 113 cm³/mol. The normalized spacial score (nSPS) is 18.3. The largest absolute Gasteiger partial charge is 0.341 e. The van der Waals surface area contributed by atoms with Gasteiger partial charge in [0.1, 0.15) is 24.2 Å². The summed E-state index contributed by atoms with van der Waals surface area (Å²) in [6, 6.07) is 17.4. The zero-order chi connectivity index (χ0) is 21.3. The highest BCUT2D eigenvalue weighted by atomic mass is 16.7. The molecule has 2 aromatic carbocycles. The molecular weight excluding hydrogens is 394 g/mol. The SMILES string of the molecule is O=C(Cn1nc2ccccc2n1)N1CCC2(CCC(=O)N2OCc2ccccc2)CC1. The highest BCUT2D eigenvalue weighted by Gasteiger charge is 2.48. The van der Waals surface area contributed by atoms with Crippen LogP contribution in [0.1, 0.15) is 31.2 Å². The Morgan fingerprint density at radius 1 is 0.935 bits per heavy atom. The van der Waals surface area contributed by atoms with Crippen molar-refractivity contribution in [2.24, 2.45) is 0 Å². The van der Waals surface area contributed by atoms with E-state index in [2.05, 4.69) is 10.2 Å². The van der Waals surface area contributed by atoms with E-state index in [9.17, 15) is 9.59 Å². The van der Waals surface area contributed by atoms with Crippen molar-refractivity contribution in [3.8, 4) is 0 Å². The van der Waals surface area contributed by atoms with Crippen LogP contribution < -0.4 is 0 Å². The molecule has 2 aliphatic heterocycles. The van der Waals surface area contributed by atoms with Crippen LogP contribution in [0.3, 0.4) is 0 Å². The van der Waals surface area contributed by atoms with Crippen molar-refractivity contribution < 1.29 is 14.4 Å². The van der Waals surface area contributed by atoms with Gasteiger partial charge in [-0.2, -0.15) is 15.0 Å². The van der Waals surface area contributed by atoms with E-state index in [1.807, 2.05) is 59.5 Å². The number of rotatable bonds is 5. The minimum atomic E-state index is -0.318. The van der Waals surface area contributed by atoms with Crippen LogP contribution >= 0.6 is 0 Å². The molecule has 2 aliphatic rings. The predicted octanol–water partition coefficient (Wildman–Crippen LogP) is 2.55. The Bertz CT molecular complexity index is 1060. The van der Waals surface area contributed by atoms with Gasteiger partial charge in [-0.25, -0.2) is 5.06 Å². The second-order valence-corrected chi connectivity index (χ2v) is 8.27. The summed E-state index contributed by atoms with van der Waals surface area (Å²) in [7, 11) is 0. The number of likely N-dealkylation sites (tertiary alicyclic amines) is 1. The first-order valence-corrected chi connectivity index (χ1v) is 10.7. The molecule has 3 heterocycles. The average Bonchev–Trinajstić information content (AvgIpc) is 3.34. The monoisotopic (exact) mass is 419 g/mol. The van der Waals surface area contributed by atoms with E-state index in [4.69, 9.17) is 4.84 Å². The third kappa shape index (κ3) is 3.90. The smallest absolute Gasteiger partial charge is 0.246 e. The number of nitrogens with zero attached hydrogens (tertiary/aromatic N) is 5. The molecule has 5 rings (SSSR count). The summed E-state index contributed by atoms with van der Waals surface area (Å²) >= 11 is 0. The average molecular weight is 419 g/mol. The molecule has 1 spiro atoms. The van der Waals surface area contributed by atoms with Gasteiger partial charge in [-0.15, -0.1) is 0 Å². The molecule has 0 aliphatic carbocycles. The molecule has 3 aromatic rings. The number of carbonyl (C=O) groups excluding carboxylic acids is 2. The van der Waals surface area contributed by atoms with Gasteiger partial charge in [-0.3, -0.25) is 14.4 Å². The minimum absolute atomic E-state index is 0.00349. The summed E-state index contributed by atoms with van der Waals surface area (Å²) in [4.78, 5) is 34.6. The molecule has 2 saturated heterocycles. The van der Waals surface area contributed by atoms with Gasteiger partial charge in [0.2, 0.25) is 11.8 Å². The van der Waals surface area contributed by atoms with Crippen molar-refractivity contribution in [3.05, 3.63) is 60.2 Å². The van der Waals surface area contributed by atoms with Crippen molar-refractivity contribution in [1.82, 2.24) is 25.0 Å². The molecular formula is C23H25N5O3. The number of hydrogen-bond acceptors (Lipinski definition) is 5. The van der Waals surface area contributed by atoms with Crippen LogP contribution in [0.4, 0.5) is 0 Å². The summed E-state index contributed by atoms with van der Waals surface area (Å²) in [6.07, 6.45) is 2.70. The second kappa shape index (κ2) is 8.11. The Morgan fingerprint density at radius 3 is 2.26 bits per heavy atom. The molecule has 0 unspecified atom stereocenters. The standard InChI is InChI=1S/C23H25N5O3/c29-21-10-11-23(28(21)31-17-18-6-2-1-3-7-18)12-14-26(15-13-23)22(30)16-27-24-19-8-4-5-9-20(19)25-27/h1-9H,10-17H2. The van der Waals surface area contributed by atoms with Gasteiger partial charge in [0, 0.05) is 19.5 Å². The first-order chi connectivity index (χ1) is 15.1. The second-order valence-electron chi connectivity index (χ2n) is 8.27. The quantitative estimate of drug-likeness (QED) is 0.635.